The molecule has 0 atom stereocenters. The van der Waals surface area contributed by atoms with Crippen LogP contribution in [0.15, 0.2) is 0 Å². The fourth-order valence-electron chi connectivity index (χ4n) is 5.81. The van der Waals surface area contributed by atoms with E-state index in [9.17, 15) is 0 Å². The molecule has 3 aliphatic carbocycles. The molecule has 1 saturated heterocycles. The molecule has 0 spiro atoms. The van der Waals surface area contributed by atoms with Crippen molar-refractivity contribution in [2.75, 3.05) is 0 Å². The Balaban J connectivity index is 1.50. The molecular weight excluding hydrogens is 303 g/mol. The van der Waals surface area contributed by atoms with Crippen LogP contribution in [0.5, 0.6) is 0 Å². The van der Waals surface area contributed by atoms with Crippen LogP contribution in [-0.2, 0) is 0 Å². The smallest absolute Gasteiger partial charge is 0.290 e. The highest BCUT2D eigenvalue weighted by Crippen LogP contribution is 2.31. The van der Waals surface area contributed by atoms with Crippen molar-refractivity contribution >= 4 is 22.1 Å². The Morgan fingerprint density at radius 1 is 0.560 bits per heavy atom. The molecule has 4 fully saturated rings. The van der Waals surface area contributed by atoms with Gasteiger partial charge in [-0.25, -0.2) is 0 Å². The fourth-order valence-corrected chi connectivity index (χ4v) is 5.81. The first-order valence-corrected chi connectivity index (χ1v) is 11.4. The van der Waals surface area contributed by atoms with Gasteiger partial charge in [-0.15, -0.1) is 0 Å². The first-order valence-electron chi connectivity index (χ1n) is 11.4. The SMILES string of the molecule is CB1N(C2CCCCC2)[B]N(C2CCCCC2)[B]N1C1CCCCC1. The molecule has 0 bridgehead atoms. The van der Waals surface area contributed by atoms with E-state index >= 15 is 0 Å². The quantitative estimate of drug-likeness (QED) is 0.717. The highest BCUT2D eigenvalue weighted by Gasteiger charge is 2.43. The lowest BCUT2D eigenvalue weighted by Crippen LogP contribution is -2.72. The molecule has 0 aromatic heterocycles. The predicted octanol–water partition coefficient (Wildman–Crippen LogP) is 4.09. The topological polar surface area (TPSA) is 9.72 Å². The Morgan fingerprint density at radius 2 is 0.920 bits per heavy atom. The van der Waals surface area contributed by atoms with Gasteiger partial charge in [0.1, 0.15) is 0 Å². The molecule has 6 heteroatoms. The van der Waals surface area contributed by atoms with E-state index in [-0.39, 0.29) is 0 Å². The highest BCUT2D eigenvalue weighted by atomic mass is 15.3. The summed E-state index contributed by atoms with van der Waals surface area (Å²) in [5, 5.41) is 0. The van der Waals surface area contributed by atoms with E-state index in [2.05, 4.69) is 36.1 Å². The Morgan fingerprint density at radius 3 is 1.32 bits per heavy atom. The zero-order chi connectivity index (χ0) is 17.1. The lowest BCUT2D eigenvalue weighted by molar-refractivity contribution is 0.246. The third kappa shape index (κ3) is 4.33. The summed E-state index contributed by atoms with van der Waals surface area (Å²) in [7, 11) is 5.08. The zero-order valence-electron chi connectivity index (χ0n) is 16.4. The van der Waals surface area contributed by atoms with Gasteiger partial charge in [-0.1, -0.05) is 64.6 Å². The summed E-state index contributed by atoms with van der Waals surface area (Å²) in [4.78, 5) is 0. The van der Waals surface area contributed by atoms with Gasteiger partial charge in [0.25, 0.3) is 22.1 Å². The molecule has 25 heavy (non-hydrogen) atoms. The van der Waals surface area contributed by atoms with E-state index in [1.165, 1.54) is 96.3 Å². The summed E-state index contributed by atoms with van der Waals surface area (Å²) in [6.07, 6.45) is 21.3. The third-order valence-electron chi connectivity index (χ3n) is 7.39. The zero-order valence-corrected chi connectivity index (χ0v) is 16.4. The normalized spacial score (nSPS) is 30.2. The van der Waals surface area contributed by atoms with Gasteiger partial charge in [0.05, 0.1) is 0 Å². The number of hydrogen-bond acceptors (Lipinski definition) is 3. The van der Waals surface area contributed by atoms with Crippen LogP contribution in [0.4, 0.5) is 0 Å². The van der Waals surface area contributed by atoms with Crippen LogP contribution in [-0.4, -0.2) is 54.4 Å². The van der Waals surface area contributed by atoms with Crippen LogP contribution >= 0.6 is 0 Å². The first-order chi connectivity index (χ1) is 12.3. The van der Waals surface area contributed by atoms with Crippen LogP contribution in [0.3, 0.4) is 0 Å². The highest BCUT2D eigenvalue weighted by molar-refractivity contribution is 6.73. The maximum absolute atomic E-state index is 2.77. The monoisotopic (exact) mass is 339 g/mol. The average Bonchev–Trinajstić information content (AvgIpc) is 2.70. The molecule has 0 aromatic rings. The molecule has 1 heterocycles. The van der Waals surface area contributed by atoms with Gasteiger partial charge < -0.3 is 14.2 Å². The van der Waals surface area contributed by atoms with Crippen molar-refractivity contribution in [1.82, 2.24) is 14.2 Å². The average molecular weight is 339 g/mol. The van der Waals surface area contributed by atoms with Crippen molar-refractivity contribution in [2.45, 2.75) is 121 Å². The molecule has 4 rings (SSSR count). The second-order valence-electron chi connectivity index (χ2n) is 9.08. The molecule has 1 aliphatic heterocycles. The molecule has 0 N–H and O–H groups in total. The molecule has 4 aliphatic rings. The lowest BCUT2D eigenvalue weighted by atomic mass is 9.55. The van der Waals surface area contributed by atoms with Crippen molar-refractivity contribution < 1.29 is 0 Å². The van der Waals surface area contributed by atoms with Crippen LogP contribution in [0.25, 0.3) is 0 Å². The van der Waals surface area contributed by atoms with Gasteiger partial charge >= 0.3 is 0 Å². The summed E-state index contributed by atoms with van der Waals surface area (Å²) in [6.45, 7) is 3.01. The molecule has 2 radical (unpaired) electrons. The molecule has 3 saturated carbocycles. The van der Waals surface area contributed by atoms with Crippen molar-refractivity contribution in [3.05, 3.63) is 0 Å². The second kappa shape index (κ2) is 8.84. The van der Waals surface area contributed by atoms with E-state index in [1.807, 2.05) is 0 Å². The van der Waals surface area contributed by atoms with Gasteiger partial charge in [-0.3, -0.25) is 0 Å². The number of nitrogens with zero attached hydrogens (tertiary/aromatic N) is 3. The molecular formula is C19H36B3N3. The van der Waals surface area contributed by atoms with E-state index in [0.717, 1.165) is 18.1 Å². The predicted molar refractivity (Wildman–Crippen MR) is 109 cm³/mol. The minimum absolute atomic E-state index is 0.547. The number of rotatable bonds is 3. The Labute approximate surface area is 157 Å². The summed E-state index contributed by atoms with van der Waals surface area (Å²) < 4.78 is 8.17. The molecule has 0 aromatic carbocycles. The van der Waals surface area contributed by atoms with Crippen molar-refractivity contribution in [2.24, 2.45) is 0 Å². The van der Waals surface area contributed by atoms with Crippen LogP contribution in [0.2, 0.25) is 6.82 Å². The lowest BCUT2D eigenvalue weighted by Gasteiger charge is -2.53. The van der Waals surface area contributed by atoms with E-state index in [4.69, 9.17) is 0 Å². The van der Waals surface area contributed by atoms with Gasteiger partial charge in [-0.05, 0) is 56.7 Å². The summed E-state index contributed by atoms with van der Waals surface area (Å²) in [6, 6.07) is 2.29. The van der Waals surface area contributed by atoms with E-state index in [1.54, 1.807) is 0 Å². The summed E-state index contributed by atoms with van der Waals surface area (Å²) in [5.74, 6) is 0. The van der Waals surface area contributed by atoms with Crippen molar-refractivity contribution in [3.63, 3.8) is 0 Å². The molecule has 3 nitrogen and oxygen atoms in total. The maximum Gasteiger partial charge on any atom is 0.290 e. The van der Waals surface area contributed by atoms with Gasteiger partial charge in [0.15, 0.2) is 0 Å². The van der Waals surface area contributed by atoms with Crippen molar-refractivity contribution in [1.29, 1.82) is 0 Å². The van der Waals surface area contributed by atoms with Crippen molar-refractivity contribution in [3.8, 4) is 0 Å². The standard InChI is InChI=1S/C19H36B3N3/c1-22-24(18-13-7-3-8-14-18)20-23(17-11-5-2-6-12-17)21-25(22)19-15-9-4-10-16-19/h17-19H,2-16H2,1H3. The Hall–Kier alpha value is 0.0748. The minimum Gasteiger partial charge on any atom is -0.362 e. The first kappa shape index (κ1) is 18.4. The number of hydrogen-bond donors (Lipinski definition) is 0. The minimum atomic E-state index is 0.547. The molecule has 0 amide bonds. The fraction of sp³-hybridized carbons (Fsp3) is 1.00. The largest absolute Gasteiger partial charge is 0.362 e. The van der Waals surface area contributed by atoms with Crippen LogP contribution in [0, 0.1) is 0 Å². The van der Waals surface area contributed by atoms with Gasteiger partial charge in [0.2, 0.25) is 0 Å². The van der Waals surface area contributed by atoms with E-state index in [0.29, 0.717) is 6.98 Å². The Bertz CT molecular complexity index is 379. The Kier molecular flexibility index (Phi) is 6.52. The molecule has 0 unspecified atom stereocenters. The van der Waals surface area contributed by atoms with Crippen LogP contribution in [0.1, 0.15) is 96.3 Å². The molecule has 136 valence electrons. The van der Waals surface area contributed by atoms with E-state index < -0.39 is 0 Å². The summed E-state index contributed by atoms with van der Waals surface area (Å²) in [5.41, 5.74) is 0. The van der Waals surface area contributed by atoms with Gasteiger partial charge in [-0.2, -0.15) is 0 Å². The summed E-state index contributed by atoms with van der Waals surface area (Å²) >= 11 is 0. The van der Waals surface area contributed by atoms with Gasteiger partial charge in [0, 0.05) is 0 Å². The maximum atomic E-state index is 2.77. The van der Waals surface area contributed by atoms with Crippen LogP contribution < -0.4 is 0 Å². The second-order valence-corrected chi connectivity index (χ2v) is 9.08. The third-order valence-corrected chi connectivity index (χ3v) is 7.39.